The van der Waals surface area contributed by atoms with E-state index in [2.05, 4.69) is 4.90 Å². The minimum absolute atomic E-state index is 0.00120. The van der Waals surface area contributed by atoms with Gasteiger partial charge in [-0.05, 0) is 69.0 Å². The molecule has 1 saturated carbocycles. The monoisotopic (exact) mass is 290 g/mol. The highest BCUT2D eigenvalue weighted by Crippen LogP contribution is 2.45. The summed E-state index contributed by atoms with van der Waals surface area (Å²) in [5.74, 6) is -0.165. The second kappa shape index (κ2) is 6.05. The van der Waals surface area contributed by atoms with Crippen molar-refractivity contribution < 1.29 is 4.39 Å². The summed E-state index contributed by atoms with van der Waals surface area (Å²) >= 11 is 0. The Morgan fingerprint density at radius 3 is 2.38 bits per heavy atom. The number of rotatable bonds is 3. The first kappa shape index (κ1) is 15.0. The topological polar surface area (TPSA) is 29.3 Å². The van der Waals surface area contributed by atoms with Gasteiger partial charge in [0.2, 0.25) is 0 Å². The molecule has 1 aliphatic carbocycles. The van der Waals surface area contributed by atoms with Crippen molar-refractivity contribution in [1.82, 2.24) is 4.90 Å². The molecule has 1 aliphatic heterocycles. The molecule has 1 atom stereocenters. The Balaban J connectivity index is 1.92. The van der Waals surface area contributed by atoms with Gasteiger partial charge in [-0.25, -0.2) is 4.39 Å². The first-order valence-electron chi connectivity index (χ1n) is 8.40. The third kappa shape index (κ3) is 2.74. The Hall–Kier alpha value is -0.930. The Morgan fingerprint density at radius 1 is 1.10 bits per heavy atom. The molecule has 21 heavy (non-hydrogen) atoms. The van der Waals surface area contributed by atoms with Gasteiger partial charge in [0.1, 0.15) is 5.82 Å². The quantitative estimate of drug-likeness (QED) is 0.914. The van der Waals surface area contributed by atoms with Gasteiger partial charge in [-0.2, -0.15) is 0 Å². The van der Waals surface area contributed by atoms with Crippen molar-refractivity contribution in [1.29, 1.82) is 0 Å². The molecule has 0 amide bonds. The molecule has 1 heterocycles. The van der Waals surface area contributed by atoms with Crippen molar-refractivity contribution in [2.45, 2.75) is 63.5 Å². The molecule has 1 aromatic rings. The highest BCUT2D eigenvalue weighted by molar-refractivity contribution is 5.32. The fraction of sp³-hybridized carbons (Fsp3) is 0.667. The van der Waals surface area contributed by atoms with Gasteiger partial charge in [-0.15, -0.1) is 0 Å². The molecule has 116 valence electrons. The van der Waals surface area contributed by atoms with Crippen molar-refractivity contribution in [3.05, 3.63) is 35.1 Å². The third-order valence-electron chi connectivity index (χ3n) is 5.60. The summed E-state index contributed by atoms with van der Waals surface area (Å²) in [6.45, 7) is 4.33. The third-order valence-corrected chi connectivity index (χ3v) is 5.60. The predicted molar refractivity (Wildman–Crippen MR) is 84.7 cm³/mol. The number of likely N-dealkylation sites (tertiary alicyclic amines) is 1. The van der Waals surface area contributed by atoms with Crippen LogP contribution in [0.3, 0.4) is 0 Å². The molecular weight excluding hydrogens is 263 g/mol. The lowest BCUT2D eigenvalue weighted by Crippen LogP contribution is -2.55. The zero-order valence-corrected chi connectivity index (χ0v) is 13.1. The normalized spacial score (nSPS) is 24.1. The van der Waals surface area contributed by atoms with E-state index >= 15 is 0 Å². The molecule has 2 N–H and O–H groups in total. The summed E-state index contributed by atoms with van der Waals surface area (Å²) in [7, 11) is 0. The van der Waals surface area contributed by atoms with Crippen molar-refractivity contribution >= 4 is 0 Å². The number of halogens is 1. The zero-order valence-electron chi connectivity index (χ0n) is 13.1. The SMILES string of the molecule is Cc1cc(F)ccc1C(N)C1(N2CCCCC2)CCCC1. The van der Waals surface area contributed by atoms with Crippen LogP contribution in [0, 0.1) is 12.7 Å². The molecule has 2 nitrogen and oxygen atoms in total. The van der Waals surface area contributed by atoms with Crippen LogP contribution in [0.2, 0.25) is 0 Å². The predicted octanol–water partition coefficient (Wildman–Crippen LogP) is 3.93. The van der Waals surface area contributed by atoms with E-state index in [1.165, 1.54) is 58.0 Å². The van der Waals surface area contributed by atoms with Crippen LogP contribution in [0.25, 0.3) is 0 Å². The van der Waals surface area contributed by atoms with E-state index in [9.17, 15) is 4.39 Å². The maximum absolute atomic E-state index is 13.4. The smallest absolute Gasteiger partial charge is 0.123 e. The molecule has 3 heteroatoms. The molecule has 2 aliphatic rings. The minimum Gasteiger partial charge on any atom is -0.322 e. The highest BCUT2D eigenvalue weighted by Gasteiger charge is 2.45. The van der Waals surface area contributed by atoms with E-state index in [1.54, 1.807) is 12.1 Å². The molecule has 0 spiro atoms. The molecular formula is C18H27FN2. The number of nitrogens with two attached hydrogens (primary N) is 1. The van der Waals surface area contributed by atoms with E-state index in [0.29, 0.717) is 0 Å². The largest absolute Gasteiger partial charge is 0.322 e. The first-order chi connectivity index (χ1) is 10.1. The van der Waals surface area contributed by atoms with Crippen LogP contribution in [0.4, 0.5) is 4.39 Å². The van der Waals surface area contributed by atoms with Crippen LogP contribution < -0.4 is 5.73 Å². The van der Waals surface area contributed by atoms with Crippen LogP contribution in [-0.4, -0.2) is 23.5 Å². The number of nitrogens with zero attached hydrogens (tertiary/aromatic N) is 1. The number of hydrogen-bond donors (Lipinski definition) is 1. The molecule has 0 radical (unpaired) electrons. The highest BCUT2D eigenvalue weighted by atomic mass is 19.1. The van der Waals surface area contributed by atoms with Gasteiger partial charge in [0.05, 0.1) is 0 Å². The first-order valence-corrected chi connectivity index (χ1v) is 8.40. The molecule has 1 saturated heterocycles. The van der Waals surface area contributed by atoms with Crippen LogP contribution >= 0.6 is 0 Å². The van der Waals surface area contributed by atoms with E-state index in [1.807, 2.05) is 13.0 Å². The fourth-order valence-corrected chi connectivity index (χ4v) is 4.43. The van der Waals surface area contributed by atoms with Gasteiger partial charge in [0.15, 0.2) is 0 Å². The van der Waals surface area contributed by atoms with E-state index in [-0.39, 0.29) is 17.4 Å². The average molecular weight is 290 g/mol. The molecule has 1 aromatic carbocycles. The Labute approximate surface area is 127 Å². The number of benzene rings is 1. The summed E-state index contributed by atoms with van der Waals surface area (Å²) in [6.07, 6.45) is 8.83. The number of aryl methyl sites for hydroxylation is 1. The van der Waals surface area contributed by atoms with Crippen LogP contribution in [0.1, 0.15) is 62.1 Å². The standard InChI is InChI=1S/C18H27FN2/c1-14-13-15(19)7-8-16(14)17(20)18(9-3-4-10-18)21-11-5-2-6-12-21/h7-8,13,17H,2-6,9-12,20H2,1H3. The zero-order chi connectivity index (χ0) is 14.9. The van der Waals surface area contributed by atoms with Crippen molar-refractivity contribution in [3.8, 4) is 0 Å². The lowest BCUT2D eigenvalue weighted by Gasteiger charge is -2.47. The van der Waals surface area contributed by atoms with E-state index in [0.717, 1.165) is 11.1 Å². The maximum Gasteiger partial charge on any atom is 0.123 e. The molecule has 3 rings (SSSR count). The van der Waals surface area contributed by atoms with Gasteiger partial charge in [0, 0.05) is 11.6 Å². The average Bonchev–Trinajstić information content (AvgIpc) is 2.98. The second-order valence-corrected chi connectivity index (χ2v) is 6.84. The molecule has 0 bridgehead atoms. The van der Waals surface area contributed by atoms with E-state index in [4.69, 9.17) is 5.73 Å². The lowest BCUT2D eigenvalue weighted by molar-refractivity contribution is 0.0476. The number of piperidine rings is 1. The van der Waals surface area contributed by atoms with Crippen LogP contribution in [0.5, 0.6) is 0 Å². The van der Waals surface area contributed by atoms with Crippen molar-refractivity contribution in [2.24, 2.45) is 5.73 Å². The summed E-state index contributed by atoms with van der Waals surface area (Å²) in [5.41, 5.74) is 8.97. The summed E-state index contributed by atoms with van der Waals surface area (Å²) < 4.78 is 13.4. The van der Waals surface area contributed by atoms with Crippen molar-refractivity contribution in [3.63, 3.8) is 0 Å². The van der Waals surface area contributed by atoms with Crippen LogP contribution in [-0.2, 0) is 0 Å². The van der Waals surface area contributed by atoms with Gasteiger partial charge in [0.25, 0.3) is 0 Å². The van der Waals surface area contributed by atoms with Gasteiger partial charge < -0.3 is 5.73 Å². The Kier molecular flexibility index (Phi) is 4.32. The minimum atomic E-state index is -0.165. The molecule has 2 fully saturated rings. The van der Waals surface area contributed by atoms with Gasteiger partial charge in [-0.1, -0.05) is 25.3 Å². The maximum atomic E-state index is 13.4. The molecule has 0 aromatic heterocycles. The lowest BCUT2D eigenvalue weighted by atomic mass is 9.80. The molecule has 1 unspecified atom stereocenters. The van der Waals surface area contributed by atoms with E-state index < -0.39 is 0 Å². The van der Waals surface area contributed by atoms with Gasteiger partial charge in [-0.3, -0.25) is 4.90 Å². The second-order valence-electron chi connectivity index (χ2n) is 6.84. The van der Waals surface area contributed by atoms with Crippen molar-refractivity contribution in [2.75, 3.05) is 13.1 Å². The van der Waals surface area contributed by atoms with Gasteiger partial charge >= 0.3 is 0 Å². The van der Waals surface area contributed by atoms with Crippen LogP contribution in [0.15, 0.2) is 18.2 Å². The Morgan fingerprint density at radius 2 is 1.76 bits per heavy atom. The number of hydrogen-bond acceptors (Lipinski definition) is 2. The fourth-order valence-electron chi connectivity index (χ4n) is 4.43. The Bertz CT molecular complexity index is 488. The summed E-state index contributed by atoms with van der Waals surface area (Å²) in [5, 5.41) is 0. The summed E-state index contributed by atoms with van der Waals surface area (Å²) in [6, 6.07) is 5.08. The summed E-state index contributed by atoms with van der Waals surface area (Å²) in [4.78, 5) is 2.65.